The molecule has 55 heavy (non-hydrogen) atoms. The van der Waals surface area contributed by atoms with Crippen LogP contribution in [-0.4, -0.2) is 99.9 Å². The van der Waals surface area contributed by atoms with Gasteiger partial charge in [0.1, 0.15) is 17.5 Å². The van der Waals surface area contributed by atoms with Crippen LogP contribution < -0.4 is 10.6 Å². The van der Waals surface area contributed by atoms with E-state index in [4.69, 9.17) is 9.47 Å². The number of hydrogen-bond acceptors (Lipinski definition) is 10. The van der Waals surface area contributed by atoms with Gasteiger partial charge in [-0.2, -0.15) is 0 Å². The molecule has 0 bridgehead atoms. The summed E-state index contributed by atoms with van der Waals surface area (Å²) in [7, 11) is 3.94. The topological polar surface area (TPSA) is 117 Å². The van der Waals surface area contributed by atoms with Crippen LogP contribution in [0.1, 0.15) is 188 Å². The Morgan fingerprint density at radius 2 is 1.11 bits per heavy atom. The quantitative estimate of drug-likeness (QED) is 0.0269. The average Bonchev–Trinajstić information content (AvgIpc) is 3.15. The van der Waals surface area contributed by atoms with Crippen LogP contribution in [-0.2, 0) is 28.7 Å². The van der Waals surface area contributed by atoms with E-state index in [0.29, 0.717) is 43.9 Å². The van der Waals surface area contributed by atoms with Crippen molar-refractivity contribution in [1.82, 2.24) is 20.4 Å². The molecule has 0 heterocycles. The number of hydrogen-bond donors (Lipinski definition) is 2. The fourth-order valence-electron chi connectivity index (χ4n) is 6.66. The van der Waals surface area contributed by atoms with Crippen LogP contribution in [0.4, 0.5) is 0 Å². The summed E-state index contributed by atoms with van der Waals surface area (Å²) in [5.41, 5.74) is 0.673. The van der Waals surface area contributed by atoms with Gasteiger partial charge in [0, 0.05) is 39.4 Å². The van der Waals surface area contributed by atoms with Crippen molar-refractivity contribution in [2.75, 3.05) is 60.0 Å². The third kappa shape index (κ3) is 33.4. The second kappa shape index (κ2) is 38.4. The smallest absolute Gasteiger partial charge is 0.306 e. The molecule has 0 aliphatic rings. The molecule has 0 aliphatic carbocycles. The van der Waals surface area contributed by atoms with Crippen molar-refractivity contribution in [2.24, 2.45) is 0 Å². The number of ether oxygens (including phenoxy) is 2. The van der Waals surface area contributed by atoms with E-state index in [1.54, 1.807) is 0 Å². The third-order valence-electron chi connectivity index (χ3n) is 10.1. The minimum Gasteiger partial charge on any atom is -0.466 e. The highest BCUT2D eigenvalue weighted by molar-refractivity contribution is 5.98. The van der Waals surface area contributed by atoms with Gasteiger partial charge in [0.15, 0.2) is 12.1 Å². The van der Waals surface area contributed by atoms with Crippen LogP contribution in [0.2, 0.25) is 0 Å². The van der Waals surface area contributed by atoms with Crippen molar-refractivity contribution in [1.29, 1.82) is 0 Å². The Bertz CT molecular complexity index is 988. The summed E-state index contributed by atoms with van der Waals surface area (Å²) < 4.78 is 11.3. The molecule has 0 aromatic heterocycles. The number of esters is 2. The number of Topliss-reactive ketones (excluding diaryl/α,β-unsaturated/α-hetero) is 1. The van der Waals surface area contributed by atoms with Gasteiger partial charge < -0.3 is 29.9 Å². The molecule has 1 atom stereocenters. The predicted molar refractivity (Wildman–Crippen MR) is 228 cm³/mol. The van der Waals surface area contributed by atoms with E-state index in [-0.39, 0.29) is 23.8 Å². The largest absolute Gasteiger partial charge is 0.466 e. The van der Waals surface area contributed by atoms with Crippen molar-refractivity contribution < 1.29 is 28.7 Å². The van der Waals surface area contributed by atoms with Gasteiger partial charge in [-0.3, -0.25) is 19.2 Å². The minimum atomic E-state index is -0.153. The van der Waals surface area contributed by atoms with Gasteiger partial charge in [0.2, 0.25) is 0 Å². The number of allylic oxidation sites excluding steroid dienone is 2. The lowest BCUT2D eigenvalue weighted by Gasteiger charge is -2.23. The highest BCUT2D eigenvalue weighted by Crippen LogP contribution is 2.16. The molecule has 0 saturated heterocycles. The van der Waals surface area contributed by atoms with Crippen molar-refractivity contribution in [3.63, 3.8) is 0 Å². The van der Waals surface area contributed by atoms with Gasteiger partial charge in [-0.05, 0) is 91.5 Å². The van der Waals surface area contributed by atoms with Crippen molar-refractivity contribution in [3.8, 4) is 0 Å². The Labute approximate surface area is 338 Å². The van der Waals surface area contributed by atoms with Gasteiger partial charge in [0.05, 0.1) is 6.61 Å². The summed E-state index contributed by atoms with van der Waals surface area (Å²) in [4.78, 5) is 53.3. The molecule has 10 nitrogen and oxygen atoms in total. The molecular formula is C45H86N4O6. The maximum absolute atomic E-state index is 12.5. The zero-order valence-electron chi connectivity index (χ0n) is 36.6. The summed E-state index contributed by atoms with van der Waals surface area (Å²) in [5.74, 6) is -0.241. The lowest BCUT2D eigenvalue weighted by Crippen LogP contribution is -2.33. The Morgan fingerprint density at radius 3 is 1.71 bits per heavy atom. The average molecular weight is 779 g/mol. The molecule has 0 aromatic carbocycles. The van der Waals surface area contributed by atoms with E-state index in [2.05, 4.69) is 36.3 Å². The van der Waals surface area contributed by atoms with Gasteiger partial charge in [-0.15, -0.1) is 0 Å². The molecular weight excluding hydrogens is 693 g/mol. The standard InChI is InChI=1S/C45H86N4O6/c1-7-10-13-20-26-38-54-43(52)30-22-16-14-18-24-34-49(36-27-32-46-42(39-50)45(40(4)51)47-33-37-48(5)6)35-25-19-15-17-23-31-44(53)55-41(28-12-9-3)29-21-11-8-2/h39,41,46-47H,7-38H2,1-6H3/b45-42-. The molecule has 0 aliphatic heterocycles. The molecule has 2 N–H and O–H groups in total. The fraction of sp³-hybridized carbons (Fsp3) is 0.867. The van der Waals surface area contributed by atoms with Crippen LogP contribution >= 0.6 is 0 Å². The first-order chi connectivity index (χ1) is 26.7. The Kier molecular flexibility index (Phi) is 36.7. The maximum Gasteiger partial charge on any atom is 0.306 e. The zero-order chi connectivity index (χ0) is 40.8. The minimum absolute atomic E-state index is 0.0298. The fourth-order valence-corrected chi connectivity index (χ4v) is 6.66. The Hall–Kier alpha value is -2.46. The van der Waals surface area contributed by atoms with E-state index >= 15 is 0 Å². The number of aldehydes is 1. The van der Waals surface area contributed by atoms with Crippen molar-refractivity contribution >= 4 is 24.0 Å². The number of likely N-dealkylation sites (N-methyl/N-ethyl adjacent to an activating group) is 1. The number of carbonyl (C=O) groups is 4. The van der Waals surface area contributed by atoms with E-state index < -0.39 is 0 Å². The number of nitrogens with zero attached hydrogens (tertiary/aromatic N) is 2. The lowest BCUT2D eigenvalue weighted by atomic mass is 10.1. The van der Waals surface area contributed by atoms with E-state index in [1.807, 2.05) is 19.0 Å². The monoisotopic (exact) mass is 779 g/mol. The Morgan fingerprint density at radius 1 is 0.582 bits per heavy atom. The molecule has 10 heteroatoms. The van der Waals surface area contributed by atoms with Gasteiger partial charge in [0.25, 0.3) is 0 Å². The first-order valence-corrected chi connectivity index (χ1v) is 22.6. The van der Waals surface area contributed by atoms with Crippen LogP contribution in [0, 0.1) is 0 Å². The SMILES string of the molecule is CCCCCCCOC(=O)CCCCCCCN(CCCCCCCC(=O)OC(CCCC)CCCCC)CCCN/C(C=O)=C(\NCCN(C)C)C(C)=O. The van der Waals surface area contributed by atoms with Crippen LogP contribution in [0.3, 0.4) is 0 Å². The van der Waals surface area contributed by atoms with Crippen molar-refractivity contribution in [3.05, 3.63) is 11.4 Å². The molecule has 322 valence electrons. The maximum atomic E-state index is 12.5. The molecule has 0 amide bonds. The summed E-state index contributed by atoms with van der Waals surface area (Å²) in [5, 5.41) is 6.35. The molecule has 0 spiro atoms. The summed E-state index contributed by atoms with van der Waals surface area (Å²) in [6, 6.07) is 0. The van der Waals surface area contributed by atoms with Gasteiger partial charge in [-0.1, -0.05) is 111 Å². The van der Waals surface area contributed by atoms with E-state index in [1.165, 1.54) is 39.0 Å². The Balaban J connectivity index is 4.74. The molecule has 0 rings (SSSR count). The number of ketones is 1. The summed E-state index contributed by atoms with van der Waals surface area (Å²) >= 11 is 0. The van der Waals surface area contributed by atoms with Gasteiger partial charge >= 0.3 is 11.9 Å². The highest BCUT2D eigenvalue weighted by Gasteiger charge is 2.15. The number of carbonyl (C=O) groups excluding carboxylic acids is 4. The molecule has 0 fully saturated rings. The normalized spacial score (nSPS) is 12.4. The predicted octanol–water partition coefficient (Wildman–Crippen LogP) is 9.30. The molecule has 1 unspecified atom stereocenters. The van der Waals surface area contributed by atoms with Crippen LogP contribution in [0.5, 0.6) is 0 Å². The first kappa shape index (κ1) is 52.5. The second-order valence-electron chi connectivity index (χ2n) is 15.7. The lowest BCUT2D eigenvalue weighted by molar-refractivity contribution is -0.150. The van der Waals surface area contributed by atoms with Crippen LogP contribution in [0.15, 0.2) is 11.4 Å². The highest BCUT2D eigenvalue weighted by atomic mass is 16.5. The third-order valence-corrected chi connectivity index (χ3v) is 10.1. The second-order valence-corrected chi connectivity index (χ2v) is 15.7. The van der Waals surface area contributed by atoms with E-state index in [0.717, 1.165) is 148 Å². The number of unbranched alkanes of at least 4 members (excludes halogenated alkanes) is 15. The first-order valence-electron chi connectivity index (χ1n) is 22.6. The summed E-state index contributed by atoms with van der Waals surface area (Å²) in [6.45, 7) is 13.5. The van der Waals surface area contributed by atoms with Crippen molar-refractivity contribution in [2.45, 2.75) is 194 Å². The summed E-state index contributed by atoms with van der Waals surface area (Å²) in [6.07, 6.45) is 26.8. The van der Waals surface area contributed by atoms with Gasteiger partial charge in [-0.25, -0.2) is 0 Å². The molecule has 0 radical (unpaired) electrons. The number of nitrogens with one attached hydrogen (secondary N) is 2. The zero-order valence-corrected chi connectivity index (χ0v) is 36.6. The van der Waals surface area contributed by atoms with E-state index in [9.17, 15) is 19.2 Å². The van der Waals surface area contributed by atoms with Crippen LogP contribution in [0.25, 0.3) is 0 Å². The molecule has 0 saturated carbocycles. The molecule has 0 aromatic rings. The number of rotatable bonds is 41.